The van der Waals surface area contributed by atoms with Crippen LogP contribution in [0.1, 0.15) is 0 Å². The second kappa shape index (κ2) is 3.67. The van der Waals surface area contributed by atoms with Crippen LogP contribution in [0.2, 0.25) is 0 Å². The number of aromatic nitrogens is 3. The molecule has 0 spiro atoms. The van der Waals surface area contributed by atoms with Crippen molar-refractivity contribution >= 4 is 5.91 Å². The van der Waals surface area contributed by atoms with Gasteiger partial charge in [0, 0.05) is 7.11 Å². The van der Waals surface area contributed by atoms with Crippen LogP contribution in [0.4, 0.5) is 0 Å². The number of nitrogens with zero attached hydrogens (tertiary/aromatic N) is 3. The van der Waals surface area contributed by atoms with Crippen molar-refractivity contribution in [3.63, 3.8) is 0 Å². The highest BCUT2D eigenvalue weighted by atomic mass is 16.5. The van der Waals surface area contributed by atoms with E-state index in [9.17, 15) is 4.79 Å². The highest BCUT2D eigenvalue weighted by Gasteiger charge is 1.98. The summed E-state index contributed by atoms with van der Waals surface area (Å²) in [5.74, 6) is -0.266. The number of hydrogen-bond donors (Lipinski definition) is 1. The number of ether oxygens (including phenoxy) is 1. The first-order valence-electron chi connectivity index (χ1n) is 2.96. The van der Waals surface area contributed by atoms with Crippen molar-refractivity contribution in [1.29, 1.82) is 0 Å². The molecule has 0 aromatic carbocycles. The molecule has 0 aliphatic rings. The number of rotatable bonds is 3. The fourth-order valence-corrected chi connectivity index (χ4v) is 0.557. The molecule has 6 nitrogen and oxygen atoms in total. The van der Waals surface area contributed by atoms with Crippen LogP contribution in [-0.4, -0.2) is 34.5 Å². The predicted octanol–water partition coefficient (Wildman–Crippen LogP) is -1.01. The molecular weight excluding hydrogens is 148 g/mol. The normalized spacial score (nSPS) is 9.55. The Morgan fingerprint density at radius 2 is 2.64 bits per heavy atom. The quantitative estimate of drug-likeness (QED) is 0.609. The van der Waals surface area contributed by atoms with Gasteiger partial charge in [-0.1, -0.05) is 0 Å². The van der Waals surface area contributed by atoms with E-state index < -0.39 is 0 Å². The molecule has 1 N–H and O–H groups in total. The number of amides is 1. The largest absolute Gasteiger partial charge is 0.375 e. The Bertz CT molecular complexity index is 220. The van der Waals surface area contributed by atoms with Gasteiger partial charge >= 0.3 is 0 Å². The van der Waals surface area contributed by atoms with Gasteiger partial charge in [0.05, 0.1) is 0 Å². The number of nitrogens with one attached hydrogen (secondary N) is 1. The molecule has 11 heavy (non-hydrogen) atoms. The van der Waals surface area contributed by atoms with Crippen molar-refractivity contribution in [1.82, 2.24) is 14.9 Å². The maximum Gasteiger partial charge on any atom is 0.266 e. The predicted molar refractivity (Wildman–Crippen MR) is 36.3 cm³/mol. The molecule has 0 radical (unpaired) electrons. The van der Waals surface area contributed by atoms with E-state index in [1.165, 1.54) is 24.6 Å². The lowest BCUT2D eigenvalue weighted by molar-refractivity contribution is -0.120. The maximum absolute atomic E-state index is 10.8. The number of methoxy groups -OCH3 is 1. The highest BCUT2D eigenvalue weighted by Crippen LogP contribution is 1.75. The van der Waals surface area contributed by atoms with Gasteiger partial charge in [-0.25, -0.2) is 10.4 Å². The summed E-state index contributed by atoms with van der Waals surface area (Å²) < 4.78 is 4.58. The van der Waals surface area contributed by atoms with Crippen molar-refractivity contribution < 1.29 is 9.53 Å². The molecule has 0 fully saturated rings. The molecule has 0 atom stereocenters. The summed E-state index contributed by atoms with van der Waals surface area (Å²) in [4.78, 5) is 15.6. The van der Waals surface area contributed by atoms with Gasteiger partial charge in [0.1, 0.15) is 19.3 Å². The van der Waals surface area contributed by atoms with Gasteiger partial charge in [-0.15, -0.1) is 5.10 Å². The zero-order valence-electron chi connectivity index (χ0n) is 6.02. The van der Waals surface area contributed by atoms with Crippen molar-refractivity contribution in [3.8, 4) is 0 Å². The Hall–Kier alpha value is -1.43. The lowest BCUT2D eigenvalue weighted by atomic mass is 10.7. The van der Waals surface area contributed by atoms with E-state index in [0.29, 0.717) is 0 Å². The minimum Gasteiger partial charge on any atom is -0.375 e. The number of carbonyl (C=O) groups excluding carboxylic acids is 1. The van der Waals surface area contributed by atoms with Gasteiger partial charge in [0.25, 0.3) is 5.91 Å². The van der Waals surface area contributed by atoms with Gasteiger partial charge in [-0.2, -0.15) is 4.79 Å². The molecule has 0 aliphatic carbocycles. The van der Waals surface area contributed by atoms with E-state index in [1.807, 2.05) is 0 Å². The monoisotopic (exact) mass is 156 g/mol. The van der Waals surface area contributed by atoms with E-state index in [-0.39, 0.29) is 12.5 Å². The SMILES string of the molecule is COCC(=O)Nn1cncn1. The van der Waals surface area contributed by atoms with Crippen LogP contribution in [0, 0.1) is 0 Å². The molecular formula is C5H8N4O2. The molecule has 1 heterocycles. The third-order valence-electron chi connectivity index (χ3n) is 0.933. The Kier molecular flexibility index (Phi) is 2.56. The Morgan fingerprint density at radius 1 is 1.82 bits per heavy atom. The molecule has 1 aromatic rings. The van der Waals surface area contributed by atoms with Gasteiger partial charge < -0.3 is 4.74 Å². The van der Waals surface area contributed by atoms with Gasteiger partial charge in [0.2, 0.25) is 0 Å². The summed E-state index contributed by atoms with van der Waals surface area (Å²) in [5, 5.41) is 3.66. The van der Waals surface area contributed by atoms with E-state index in [1.54, 1.807) is 0 Å². The average Bonchev–Trinajstić information content (AvgIpc) is 2.40. The molecule has 1 aromatic heterocycles. The average molecular weight is 156 g/mol. The third kappa shape index (κ3) is 2.34. The van der Waals surface area contributed by atoms with Crippen LogP contribution in [0.25, 0.3) is 0 Å². The smallest absolute Gasteiger partial charge is 0.266 e. The fraction of sp³-hybridized carbons (Fsp3) is 0.400. The Labute approximate surface area is 63.1 Å². The molecule has 0 aliphatic heterocycles. The zero-order valence-corrected chi connectivity index (χ0v) is 6.02. The summed E-state index contributed by atoms with van der Waals surface area (Å²) in [5.41, 5.74) is 2.40. The van der Waals surface area contributed by atoms with Gasteiger partial charge in [-0.05, 0) is 0 Å². The van der Waals surface area contributed by atoms with Crippen molar-refractivity contribution in [2.24, 2.45) is 0 Å². The summed E-state index contributed by atoms with van der Waals surface area (Å²) in [7, 11) is 1.45. The van der Waals surface area contributed by atoms with Crippen LogP contribution in [0.5, 0.6) is 0 Å². The van der Waals surface area contributed by atoms with Crippen LogP contribution in [-0.2, 0) is 9.53 Å². The van der Waals surface area contributed by atoms with Crippen molar-refractivity contribution in [2.45, 2.75) is 0 Å². The Balaban J connectivity index is 2.37. The topological polar surface area (TPSA) is 69.0 Å². The first kappa shape index (κ1) is 7.67. The van der Waals surface area contributed by atoms with Crippen molar-refractivity contribution in [2.75, 3.05) is 19.1 Å². The summed E-state index contributed by atoms with van der Waals surface area (Å²) in [6, 6.07) is 0. The van der Waals surface area contributed by atoms with Crippen molar-refractivity contribution in [3.05, 3.63) is 12.7 Å². The summed E-state index contributed by atoms with van der Waals surface area (Å²) in [6.45, 7) is 0.0137. The standard InChI is InChI=1S/C5H8N4O2/c1-11-2-5(10)8-9-4-6-3-7-9/h3-4H,2H2,1H3,(H,8,10). The highest BCUT2D eigenvalue weighted by molar-refractivity contribution is 5.84. The molecule has 60 valence electrons. The second-order valence-corrected chi connectivity index (χ2v) is 1.81. The second-order valence-electron chi connectivity index (χ2n) is 1.81. The number of hydrogen-bond acceptors (Lipinski definition) is 4. The molecule has 0 bridgehead atoms. The summed E-state index contributed by atoms with van der Waals surface area (Å²) >= 11 is 0. The van der Waals surface area contributed by atoms with Gasteiger partial charge in [-0.3, -0.25) is 4.79 Å². The van der Waals surface area contributed by atoms with E-state index in [2.05, 4.69) is 20.2 Å². The first-order valence-corrected chi connectivity index (χ1v) is 2.96. The zero-order chi connectivity index (χ0) is 8.10. The molecule has 0 saturated heterocycles. The lowest BCUT2D eigenvalue weighted by Gasteiger charge is -2.00. The lowest BCUT2D eigenvalue weighted by Crippen LogP contribution is -2.26. The molecule has 0 unspecified atom stereocenters. The van der Waals surface area contributed by atoms with E-state index in [4.69, 9.17) is 0 Å². The minimum absolute atomic E-state index is 0.0137. The first-order chi connectivity index (χ1) is 5.33. The maximum atomic E-state index is 10.8. The van der Waals surface area contributed by atoms with E-state index >= 15 is 0 Å². The Morgan fingerprint density at radius 3 is 3.18 bits per heavy atom. The van der Waals surface area contributed by atoms with Crippen LogP contribution < -0.4 is 5.43 Å². The molecule has 1 rings (SSSR count). The van der Waals surface area contributed by atoms with Gasteiger partial charge in [0.15, 0.2) is 0 Å². The van der Waals surface area contributed by atoms with E-state index in [0.717, 1.165) is 0 Å². The van der Waals surface area contributed by atoms with Crippen LogP contribution in [0.15, 0.2) is 12.7 Å². The summed E-state index contributed by atoms with van der Waals surface area (Å²) in [6.07, 6.45) is 2.71. The molecule has 0 saturated carbocycles. The molecule has 1 amide bonds. The minimum atomic E-state index is -0.266. The van der Waals surface area contributed by atoms with Crippen LogP contribution in [0.3, 0.4) is 0 Å². The fourth-order valence-electron chi connectivity index (χ4n) is 0.557. The molecule has 6 heteroatoms. The van der Waals surface area contributed by atoms with Crippen LogP contribution >= 0.6 is 0 Å². The number of carbonyl (C=O) groups is 1. The third-order valence-corrected chi connectivity index (χ3v) is 0.933.